The molecular weight excluding hydrogens is 753 g/mol. The van der Waals surface area contributed by atoms with Crippen molar-refractivity contribution in [2.45, 2.75) is 19.3 Å². The summed E-state index contributed by atoms with van der Waals surface area (Å²) in [5, 5.41) is 2.30. The molecule has 1 aliphatic carbocycles. The van der Waals surface area contributed by atoms with Crippen LogP contribution in [0.2, 0.25) is 0 Å². The van der Waals surface area contributed by atoms with Gasteiger partial charge in [0.1, 0.15) is 11.2 Å². The van der Waals surface area contributed by atoms with E-state index in [0.717, 1.165) is 50.0 Å². The molecule has 0 atom stereocenters. The second kappa shape index (κ2) is 12.6. The van der Waals surface area contributed by atoms with Gasteiger partial charge >= 0.3 is 0 Å². The number of fused-ring (bicyclic) bond motifs is 6. The smallest absolute Gasteiger partial charge is 0.136 e. The number of pyridine rings is 2. The molecule has 8 aromatic rings. The first-order valence-electron chi connectivity index (χ1n) is 15.5. The van der Waals surface area contributed by atoms with Crippen LogP contribution in [0, 0.1) is 12.1 Å². The Bertz CT molecular complexity index is 2290. The van der Waals surface area contributed by atoms with E-state index in [2.05, 4.69) is 103 Å². The molecule has 4 heteroatoms. The number of benzene rings is 5. The summed E-state index contributed by atoms with van der Waals surface area (Å²) in [6, 6.07) is 51.9. The van der Waals surface area contributed by atoms with Gasteiger partial charge in [-0.1, -0.05) is 74.5 Å². The zero-order chi connectivity index (χ0) is 31.1. The molecule has 0 amide bonds. The fraction of sp³-hybridized carbons (Fsp3) is 0.0698. The SMILES string of the molecule is CC1(C)c2ccccc2-c2c1cc1oc3ccccc3c1c2-c1ccnc(-c2[c-]cccc2)c1.[Ir].[c-]1ccccc1-c1ccccn1. The van der Waals surface area contributed by atoms with E-state index in [9.17, 15) is 0 Å². The molecule has 3 heterocycles. The third-order valence-corrected chi connectivity index (χ3v) is 8.89. The van der Waals surface area contributed by atoms with Crippen LogP contribution in [0.5, 0.6) is 0 Å². The average Bonchev–Trinajstić information content (AvgIpc) is 3.61. The van der Waals surface area contributed by atoms with Crippen LogP contribution in [0.15, 0.2) is 150 Å². The molecule has 0 N–H and O–H groups in total. The molecule has 0 saturated heterocycles. The molecule has 3 aromatic heterocycles. The molecule has 1 aliphatic rings. The summed E-state index contributed by atoms with van der Waals surface area (Å²) < 4.78 is 6.43. The van der Waals surface area contributed by atoms with Gasteiger partial charge in [-0.05, 0) is 63.5 Å². The molecule has 229 valence electrons. The van der Waals surface area contributed by atoms with Crippen LogP contribution in [-0.4, -0.2) is 9.97 Å². The molecule has 0 aliphatic heterocycles. The Balaban J connectivity index is 0.000000228. The predicted octanol–water partition coefficient (Wildman–Crippen LogP) is 11.0. The van der Waals surface area contributed by atoms with Gasteiger partial charge < -0.3 is 14.4 Å². The van der Waals surface area contributed by atoms with Gasteiger partial charge in [-0.3, -0.25) is 0 Å². The van der Waals surface area contributed by atoms with Crippen molar-refractivity contribution in [3.8, 4) is 44.8 Å². The second-order valence-corrected chi connectivity index (χ2v) is 12.0. The van der Waals surface area contributed by atoms with E-state index in [1.54, 1.807) is 6.20 Å². The summed E-state index contributed by atoms with van der Waals surface area (Å²) in [5.74, 6) is 0. The summed E-state index contributed by atoms with van der Waals surface area (Å²) in [5.41, 5.74) is 13.3. The topological polar surface area (TPSA) is 38.9 Å². The second-order valence-electron chi connectivity index (χ2n) is 12.0. The third kappa shape index (κ3) is 5.40. The third-order valence-electron chi connectivity index (χ3n) is 8.89. The van der Waals surface area contributed by atoms with Gasteiger partial charge in [0.2, 0.25) is 0 Å². The molecule has 5 aromatic carbocycles. The minimum atomic E-state index is -0.114. The van der Waals surface area contributed by atoms with E-state index >= 15 is 0 Å². The summed E-state index contributed by atoms with van der Waals surface area (Å²) in [4.78, 5) is 8.89. The van der Waals surface area contributed by atoms with Gasteiger partial charge in [0.15, 0.2) is 0 Å². The van der Waals surface area contributed by atoms with E-state index in [1.807, 2.05) is 72.9 Å². The number of furan rings is 1. The van der Waals surface area contributed by atoms with E-state index in [1.165, 1.54) is 27.8 Å². The van der Waals surface area contributed by atoms with Crippen molar-refractivity contribution >= 4 is 21.9 Å². The number of hydrogen-bond acceptors (Lipinski definition) is 3. The molecule has 0 bridgehead atoms. The van der Waals surface area contributed by atoms with Gasteiger partial charge in [0.25, 0.3) is 0 Å². The number of para-hydroxylation sites is 1. The van der Waals surface area contributed by atoms with Crippen LogP contribution in [0.3, 0.4) is 0 Å². The molecule has 0 spiro atoms. The predicted molar refractivity (Wildman–Crippen MR) is 187 cm³/mol. The summed E-state index contributed by atoms with van der Waals surface area (Å²) in [6.07, 6.45) is 3.70. The number of nitrogens with zero attached hydrogens (tertiary/aromatic N) is 2. The monoisotopic (exact) mass is 783 g/mol. The maximum atomic E-state index is 6.43. The summed E-state index contributed by atoms with van der Waals surface area (Å²) >= 11 is 0. The van der Waals surface area contributed by atoms with Crippen molar-refractivity contribution in [2.24, 2.45) is 0 Å². The first-order valence-corrected chi connectivity index (χ1v) is 15.5. The zero-order valence-electron chi connectivity index (χ0n) is 26.0. The van der Waals surface area contributed by atoms with Crippen molar-refractivity contribution in [2.75, 3.05) is 0 Å². The van der Waals surface area contributed by atoms with E-state index < -0.39 is 0 Å². The van der Waals surface area contributed by atoms with Crippen molar-refractivity contribution < 1.29 is 24.5 Å². The van der Waals surface area contributed by atoms with Crippen molar-refractivity contribution in [3.63, 3.8) is 0 Å². The first kappa shape index (κ1) is 30.5. The van der Waals surface area contributed by atoms with Gasteiger partial charge in [0, 0.05) is 54.2 Å². The fourth-order valence-electron chi connectivity index (χ4n) is 6.70. The van der Waals surface area contributed by atoms with Crippen LogP contribution in [0.1, 0.15) is 25.0 Å². The summed E-state index contributed by atoms with van der Waals surface area (Å²) in [7, 11) is 0. The Kier molecular flexibility index (Phi) is 8.15. The molecule has 9 rings (SSSR count). The Morgan fingerprint density at radius 2 is 1.26 bits per heavy atom. The van der Waals surface area contributed by atoms with Gasteiger partial charge in [-0.15, -0.1) is 71.8 Å². The molecule has 47 heavy (non-hydrogen) atoms. The Labute approximate surface area is 288 Å². The minimum Gasteiger partial charge on any atom is -0.456 e. The van der Waals surface area contributed by atoms with Crippen LogP contribution in [0.25, 0.3) is 66.7 Å². The molecule has 1 radical (unpaired) electrons. The molecule has 3 nitrogen and oxygen atoms in total. The molecular formula is C43H30IrN2O-2. The number of aromatic nitrogens is 2. The van der Waals surface area contributed by atoms with Crippen molar-refractivity contribution in [1.82, 2.24) is 9.97 Å². The number of hydrogen-bond donors (Lipinski definition) is 0. The minimum absolute atomic E-state index is 0. The van der Waals surface area contributed by atoms with Crippen molar-refractivity contribution in [3.05, 3.63) is 169 Å². The summed E-state index contributed by atoms with van der Waals surface area (Å²) in [6.45, 7) is 4.62. The molecule has 0 unspecified atom stereocenters. The Morgan fingerprint density at radius 3 is 2.00 bits per heavy atom. The quantitative estimate of drug-likeness (QED) is 0.168. The van der Waals surface area contributed by atoms with Gasteiger partial charge in [-0.2, -0.15) is 0 Å². The maximum Gasteiger partial charge on any atom is 0.136 e. The zero-order valence-corrected chi connectivity index (χ0v) is 28.4. The number of rotatable bonds is 3. The van der Waals surface area contributed by atoms with E-state index in [4.69, 9.17) is 4.42 Å². The van der Waals surface area contributed by atoms with Crippen molar-refractivity contribution in [1.29, 1.82) is 0 Å². The Morgan fingerprint density at radius 1 is 0.574 bits per heavy atom. The maximum absolute atomic E-state index is 6.43. The molecule has 0 saturated carbocycles. The normalized spacial score (nSPS) is 12.5. The fourth-order valence-corrected chi connectivity index (χ4v) is 6.70. The van der Waals surface area contributed by atoms with Crippen LogP contribution < -0.4 is 0 Å². The van der Waals surface area contributed by atoms with Crippen LogP contribution in [-0.2, 0) is 25.5 Å². The largest absolute Gasteiger partial charge is 0.456 e. The Hall–Kier alpha value is -5.15. The van der Waals surface area contributed by atoms with E-state index in [-0.39, 0.29) is 25.5 Å². The van der Waals surface area contributed by atoms with Gasteiger partial charge in [0.05, 0.1) is 0 Å². The average molecular weight is 783 g/mol. The van der Waals surface area contributed by atoms with Gasteiger partial charge in [-0.25, -0.2) is 0 Å². The standard InChI is InChI=1S/C32H22NO.C11H8N.Ir/c1-32(2)24-14-8-6-12-22(24)30-25(32)19-28-31(23-13-7-9-15-27(23)34-28)29(30)21-16-17-33-26(18-21)20-10-4-3-5-11-20;1-2-6-10(7-3-1)11-8-4-5-9-12-11;/h3-10,12-19H,1-2H3;1-6,8-9H;/q2*-1;. The molecule has 0 fully saturated rings. The van der Waals surface area contributed by atoms with E-state index in [0.29, 0.717) is 0 Å². The van der Waals surface area contributed by atoms with Crippen LogP contribution in [0.4, 0.5) is 0 Å². The van der Waals surface area contributed by atoms with Crippen LogP contribution >= 0.6 is 0 Å². The first-order chi connectivity index (χ1) is 22.6.